The molecular weight excluding hydrogens is 251 g/mol. The Morgan fingerprint density at radius 3 is 2.22 bits per heavy atom. The van der Waals surface area contributed by atoms with Gasteiger partial charge in [0.25, 0.3) is 0 Å². The molecule has 1 amide bonds. The summed E-state index contributed by atoms with van der Waals surface area (Å²) in [7, 11) is 0. The summed E-state index contributed by atoms with van der Waals surface area (Å²) in [6.45, 7) is 5.08. The van der Waals surface area contributed by atoms with Crippen LogP contribution in [-0.2, 0) is 11.6 Å². The topological polar surface area (TPSA) is 75.1 Å². The van der Waals surface area contributed by atoms with Crippen molar-refractivity contribution in [3.8, 4) is 0 Å². The van der Waals surface area contributed by atoms with Crippen molar-refractivity contribution in [3.63, 3.8) is 0 Å². The largest absolute Gasteiger partial charge is 0.465 e. The van der Waals surface area contributed by atoms with Crippen LogP contribution in [-0.4, -0.2) is 21.4 Å². The Morgan fingerprint density at radius 2 is 1.83 bits per heavy atom. The van der Waals surface area contributed by atoms with Gasteiger partial charge in [-0.05, 0) is 6.07 Å². The fraction of sp³-hybridized carbons (Fsp3) is 0.500. The third-order valence-electron chi connectivity index (χ3n) is 2.04. The molecule has 0 aliphatic carbocycles. The average molecular weight is 263 g/mol. The van der Waals surface area contributed by atoms with E-state index in [2.05, 4.69) is 10.2 Å². The van der Waals surface area contributed by atoms with E-state index in [4.69, 9.17) is 5.11 Å². The van der Waals surface area contributed by atoms with Gasteiger partial charge < -0.3 is 5.11 Å². The summed E-state index contributed by atoms with van der Waals surface area (Å²) in [5.74, 6) is 0. The molecule has 0 saturated heterocycles. The lowest BCUT2D eigenvalue weighted by atomic mass is 9.90. The maximum Gasteiger partial charge on any atom is 0.435 e. The van der Waals surface area contributed by atoms with Crippen molar-refractivity contribution in [2.45, 2.75) is 32.4 Å². The highest BCUT2D eigenvalue weighted by Gasteiger charge is 2.35. The third kappa shape index (κ3) is 3.31. The SMILES string of the molecule is CC(C)(C)c1nnc(C(F)(F)F)cc1NC(=O)O. The van der Waals surface area contributed by atoms with E-state index in [1.54, 1.807) is 20.8 Å². The molecule has 0 aliphatic heterocycles. The number of carboxylic acid groups (broad SMARTS) is 1. The van der Waals surface area contributed by atoms with Crippen LogP contribution in [0.15, 0.2) is 6.07 Å². The second-order valence-corrected chi connectivity index (χ2v) is 4.67. The van der Waals surface area contributed by atoms with Gasteiger partial charge in [0.1, 0.15) is 0 Å². The number of halogens is 3. The standard InChI is InChI=1S/C10H12F3N3O2/c1-9(2,3)7-5(14-8(17)18)4-6(15-16-7)10(11,12)13/h4H,1-3H3,(H,14,15)(H,17,18). The summed E-state index contributed by atoms with van der Waals surface area (Å²) in [5.41, 5.74) is -1.93. The molecule has 0 unspecified atom stereocenters. The van der Waals surface area contributed by atoms with E-state index in [-0.39, 0.29) is 11.4 Å². The molecule has 1 heterocycles. The van der Waals surface area contributed by atoms with Crippen molar-refractivity contribution in [2.75, 3.05) is 5.32 Å². The molecular formula is C10H12F3N3O2. The number of anilines is 1. The molecule has 5 nitrogen and oxygen atoms in total. The van der Waals surface area contributed by atoms with Crippen molar-refractivity contribution >= 4 is 11.8 Å². The number of aromatic nitrogens is 2. The predicted molar refractivity (Wildman–Crippen MR) is 57.4 cm³/mol. The number of nitrogens with one attached hydrogen (secondary N) is 1. The van der Waals surface area contributed by atoms with Gasteiger partial charge in [-0.3, -0.25) is 5.32 Å². The van der Waals surface area contributed by atoms with Crippen LogP contribution >= 0.6 is 0 Å². The highest BCUT2D eigenvalue weighted by molar-refractivity contribution is 5.83. The van der Waals surface area contributed by atoms with Crippen molar-refractivity contribution in [2.24, 2.45) is 0 Å². The first kappa shape index (κ1) is 14.2. The number of carbonyl (C=O) groups is 1. The van der Waals surface area contributed by atoms with Crippen LogP contribution in [0, 0.1) is 0 Å². The summed E-state index contributed by atoms with van der Waals surface area (Å²) >= 11 is 0. The Balaban J connectivity index is 3.34. The van der Waals surface area contributed by atoms with Crippen LogP contribution in [0.5, 0.6) is 0 Å². The molecule has 0 aliphatic rings. The highest BCUT2D eigenvalue weighted by Crippen LogP contribution is 2.33. The second-order valence-electron chi connectivity index (χ2n) is 4.67. The van der Waals surface area contributed by atoms with Gasteiger partial charge in [-0.15, -0.1) is 5.10 Å². The van der Waals surface area contributed by atoms with Gasteiger partial charge in [0.05, 0.1) is 11.4 Å². The minimum atomic E-state index is -4.67. The lowest BCUT2D eigenvalue weighted by Gasteiger charge is -2.21. The number of nitrogens with zero attached hydrogens (tertiary/aromatic N) is 2. The quantitative estimate of drug-likeness (QED) is 0.816. The summed E-state index contributed by atoms with van der Waals surface area (Å²) < 4.78 is 37.4. The fourth-order valence-corrected chi connectivity index (χ4v) is 1.29. The molecule has 0 saturated carbocycles. The van der Waals surface area contributed by atoms with E-state index in [0.29, 0.717) is 6.07 Å². The van der Waals surface area contributed by atoms with Crippen molar-refractivity contribution in [3.05, 3.63) is 17.5 Å². The number of alkyl halides is 3. The van der Waals surface area contributed by atoms with E-state index in [1.807, 2.05) is 5.32 Å². The predicted octanol–water partition coefficient (Wildman–Crippen LogP) is 2.88. The van der Waals surface area contributed by atoms with Crippen LogP contribution in [0.4, 0.5) is 23.7 Å². The molecule has 18 heavy (non-hydrogen) atoms. The summed E-state index contributed by atoms with van der Waals surface area (Å²) in [6, 6.07) is 0.641. The second kappa shape index (κ2) is 4.43. The summed E-state index contributed by atoms with van der Waals surface area (Å²) in [4.78, 5) is 10.6. The zero-order valence-corrected chi connectivity index (χ0v) is 9.96. The number of rotatable bonds is 1. The zero-order valence-electron chi connectivity index (χ0n) is 9.96. The molecule has 0 fully saturated rings. The Kier molecular flexibility index (Phi) is 3.50. The van der Waals surface area contributed by atoms with Crippen molar-refractivity contribution < 1.29 is 23.1 Å². The smallest absolute Gasteiger partial charge is 0.435 e. The Labute approximate surface area is 101 Å². The van der Waals surface area contributed by atoms with Crippen LogP contribution in [0.3, 0.4) is 0 Å². The van der Waals surface area contributed by atoms with Gasteiger partial charge in [-0.2, -0.15) is 18.3 Å². The normalized spacial score (nSPS) is 12.3. The number of amides is 1. The van der Waals surface area contributed by atoms with Gasteiger partial charge in [-0.25, -0.2) is 4.79 Å². The first-order valence-corrected chi connectivity index (χ1v) is 4.97. The zero-order chi connectivity index (χ0) is 14.1. The van der Waals surface area contributed by atoms with Gasteiger partial charge in [0, 0.05) is 5.41 Å². The minimum Gasteiger partial charge on any atom is -0.465 e. The Morgan fingerprint density at radius 1 is 1.28 bits per heavy atom. The van der Waals surface area contributed by atoms with Gasteiger partial charge in [-0.1, -0.05) is 20.8 Å². The van der Waals surface area contributed by atoms with Crippen LogP contribution in [0.1, 0.15) is 32.2 Å². The molecule has 1 rings (SSSR count). The van der Waals surface area contributed by atoms with Crippen molar-refractivity contribution in [1.82, 2.24) is 10.2 Å². The van der Waals surface area contributed by atoms with Gasteiger partial charge in [0.2, 0.25) is 0 Å². The maximum absolute atomic E-state index is 12.5. The van der Waals surface area contributed by atoms with Gasteiger partial charge >= 0.3 is 12.3 Å². The molecule has 0 spiro atoms. The van der Waals surface area contributed by atoms with Gasteiger partial charge in [0.15, 0.2) is 5.69 Å². The minimum absolute atomic E-state index is 0.151. The third-order valence-corrected chi connectivity index (χ3v) is 2.04. The number of hydrogen-bond donors (Lipinski definition) is 2. The number of hydrogen-bond acceptors (Lipinski definition) is 3. The Bertz CT molecular complexity index is 466. The molecule has 8 heteroatoms. The van der Waals surface area contributed by atoms with Crippen LogP contribution in [0.2, 0.25) is 0 Å². The average Bonchev–Trinajstić information content (AvgIpc) is 2.13. The monoisotopic (exact) mass is 263 g/mol. The molecule has 0 aromatic carbocycles. The first-order valence-electron chi connectivity index (χ1n) is 4.97. The maximum atomic E-state index is 12.5. The fourth-order valence-electron chi connectivity index (χ4n) is 1.29. The van der Waals surface area contributed by atoms with E-state index < -0.39 is 23.4 Å². The molecule has 0 bridgehead atoms. The first-order chi connectivity index (χ1) is 8.01. The van der Waals surface area contributed by atoms with E-state index in [1.165, 1.54) is 0 Å². The highest BCUT2D eigenvalue weighted by atomic mass is 19.4. The molecule has 2 N–H and O–H groups in total. The van der Waals surface area contributed by atoms with Crippen molar-refractivity contribution in [1.29, 1.82) is 0 Å². The molecule has 1 aromatic heterocycles. The van der Waals surface area contributed by atoms with Crippen LogP contribution < -0.4 is 5.32 Å². The molecule has 0 atom stereocenters. The Hall–Kier alpha value is -1.86. The van der Waals surface area contributed by atoms with Crippen LogP contribution in [0.25, 0.3) is 0 Å². The molecule has 1 aromatic rings. The molecule has 100 valence electrons. The van der Waals surface area contributed by atoms with E-state index >= 15 is 0 Å². The van der Waals surface area contributed by atoms with E-state index in [0.717, 1.165) is 0 Å². The summed E-state index contributed by atoms with van der Waals surface area (Å²) in [6.07, 6.45) is -6.13. The lowest BCUT2D eigenvalue weighted by Crippen LogP contribution is -2.22. The summed E-state index contributed by atoms with van der Waals surface area (Å²) in [5, 5.41) is 17.1. The molecule has 0 radical (unpaired) electrons. The lowest BCUT2D eigenvalue weighted by molar-refractivity contribution is -0.141. The van der Waals surface area contributed by atoms with E-state index in [9.17, 15) is 18.0 Å².